The average molecular weight is 1080 g/mol. The highest BCUT2D eigenvalue weighted by Crippen LogP contribution is 2.45. The molecule has 9 nitrogen and oxygen atoms in total. The van der Waals surface area contributed by atoms with E-state index < -0.39 is 41.0 Å². The van der Waals surface area contributed by atoms with Crippen molar-refractivity contribution in [1.29, 1.82) is 0 Å². The first-order valence-electron chi connectivity index (χ1n) is 26.3. The molecule has 1 fully saturated rings. The first kappa shape index (κ1) is 74.2. The van der Waals surface area contributed by atoms with Gasteiger partial charge in [0.1, 0.15) is 24.9 Å². The SMILES string of the molecule is C.C.C.C.C.C.CC(C)CC(C)C(C)C.CCC(C)(CC(CC(C)c1ccccc1)c1ccccc1)C(=O)OCCOC(=O)CCC(=O)O[C@H]1CN[C@H](C(=O)C[C@@H](c2ccccc2)C(O)(c2ccccc2)c2ccccc2)C1. The number of Topliss-reactive ketones (excluding diaryl/α,β-unsaturated/α-hetero) is 1. The molecule has 1 heterocycles. The lowest BCUT2D eigenvalue weighted by Crippen LogP contribution is -2.39. The van der Waals surface area contributed by atoms with Crippen LogP contribution in [0.25, 0.3) is 0 Å². The summed E-state index contributed by atoms with van der Waals surface area (Å²) >= 11 is 0. The fourth-order valence-corrected chi connectivity index (χ4v) is 9.85. The third kappa shape index (κ3) is 22.1. The number of hydrogen-bond donors (Lipinski definition) is 2. The minimum atomic E-state index is -1.51. The molecule has 434 valence electrons. The van der Waals surface area contributed by atoms with Gasteiger partial charge in [-0.2, -0.15) is 0 Å². The van der Waals surface area contributed by atoms with Crippen molar-refractivity contribution in [2.75, 3.05) is 19.8 Å². The minimum absolute atomic E-state index is 0. The number of ether oxygens (including phenoxy) is 3. The fourth-order valence-electron chi connectivity index (χ4n) is 9.85. The van der Waals surface area contributed by atoms with Gasteiger partial charge in [0, 0.05) is 25.3 Å². The van der Waals surface area contributed by atoms with Crippen molar-refractivity contribution >= 4 is 23.7 Å². The van der Waals surface area contributed by atoms with Gasteiger partial charge in [-0.1, -0.05) is 245 Å². The molecular formula is C69H105NO8. The highest BCUT2D eigenvalue weighted by molar-refractivity contribution is 5.86. The molecule has 5 aromatic rings. The van der Waals surface area contributed by atoms with Gasteiger partial charge in [0.2, 0.25) is 0 Å². The van der Waals surface area contributed by atoms with Crippen LogP contribution in [0.5, 0.6) is 0 Å². The van der Waals surface area contributed by atoms with Crippen LogP contribution in [0, 0.1) is 23.2 Å². The molecule has 2 N–H and O–H groups in total. The zero-order chi connectivity index (χ0) is 52.1. The van der Waals surface area contributed by atoms with Crippen LogP contribution in [-0.2, 0) is 39.0 Å². The second-order valence-electron chi connectivity index (χ2n) is 20.9. The number of rotatable bonds is 25. The second-order valence-corrected chi connectivity index (χ2v) is 20.9. The van der Waals surface area contributed by atoms with E-state index in [1.54, 1.807) is 0 Å². The molecule has 4 unspecified atom stereocenters. The fraction of sp³-hybridized carbons (Fsp3) is 0.507. The Morgan fingerprint density at radius 1 is 0.603 bits per heavy atom. The first-order chi connectivity index (χ1) is 34.5. The third-order valence-corrected chi connectivity index (χ3v) is 14.7. The van der Waals surface area contributed by atoms with E-state index in [0.29, 0.717) is 29.9 Å². The highest BCUT2D eigenvalue weighted by Gasteiger charge is 2.44. The molecule has 5 aromatic carbocycles. The quantitative estimate of drug-likeness (QED) is 0.0333. The van der Waals surface area contributed by atoms with Crippen LogP contribution in [0.2, 0.25) is 0 Å². The van der Waals surface area contributed by atoms with Crippen molar-refractivity contribution in [3.63, 3.8) is 0 Å². The zero-order valence-electron chi connectivity index (χ0n) is 44.1. The standard InChI is InChI=1S/C54H61NO8.C9H20.6CH4/c1-4-53(3,37-43(41-22-12-6-13-23-41)34-39(2)40-20-10-5-11-21-40)52(59)62-33-32-61-50(57)30-31-51(58)63-46-35-48(55-38-46)49(56)36-47(42-24-14-7-15-25-42)54(60,44-26-16-8-17-27-44)45-28-18-9-19-29-45;1-7(2)6-9(5)8(3)4;;;;;;/h5-29,39,43,46-48,55,60H,4,30-38H2,1-3H3;7-9H,6H2,1-5H3;6*1H4/t39?,43?,46-,47+,48+,53?;;;;;;;/m1......./s1. The van der Waals surface area contributed by atoms with Crippen LogP contribution in [0.3, 0.4) is 0 Å². The number of carbonyl (C=O) groups excluding carboxylic acids is 4. The molecule has 0 radical (unpaired) electrons. The van der Waals surface area contributed by atoms with E-state index in [4.69, 9.17) is 14.2 Å². The van der Waals surface area contributed by atoms with Gasteiger partial charge in [0.15, 0.2) is 5.78 Å². The summed E-state index contributed by atoms with van der Waals surface area (Å²) in [6, 6.07) is 48.4. The van der Waals surface area contributed by atoms with Crippen molar-refractivity contribution in [1.82, 2.24) is 5.32 Å². The van der Waals surface area contributed by atoms with Gasteiger partial charge in [0.05, 0.1) is 24.3 Å². The Balaban J connectivity index is 0. The van der Waals surface area contributed by atoms with E-state index in [-0.39, 0.29) is 108 Å². The summed E-state index contributed by atoms with van der Waals surface area (Å²) in [5, 5.41) is 15.9. The molecule has 9 heteroatoms. The number of ketones is 1. The van der Waals surface area contributed by atoms with Crippen molar-refractivity contribution in [3.05, 3.63) is 179 Å². The summed E-state index contributed by atoms with van der Waals surface area (Å²) in [7, 11) is 0. The van der Waals surface area contributed by atoms with Crippen molar-refractivity contribution in [2.45, 2.75) is 187 Å². The summed E-state index contributed by atoms with van der Waals surface area (Å²) in [5.41, 5.74) is 2.36. The largest absolute Gasteiger partial charge is 0.462 e. The molecule has 7 atom stereocenters. The topological polar surface area (TPSA) is 128 Å². The molecule has 0 saturated carbocycles. The third-order valence-electron chi connectivity index (χ3n) is 14.7. The van der Waals surface area contributed by atoms with Gasteiger partial charge < -0.3 is 24.6 Å². The van der Waals surface area contributed by atoms with Crippen molar-refractivity contribution in [2.24, 2.45) is 23.2 Å². The minimum Gasteiger partial charge on any atom is -0.462 e. The van der Waals surface area contributed by atoms with Crippen LogP contribution in [0.15, 0.2) is 152 Å². The molecule has 1 saturated heterocycles. The Kier molecular flexibility index (Phi) is 35.2. The van der Waals surface area contributed by atoms with Crippen LogP contribution in [0.4, 0.5) is 0 Å². The Morgan fingerprint density at radius 3 is 1.51 bits per heavy atom. The summed E-state index contributed by atoms with van der Waals surface area (Å²) in [5.74, 6) is 0.797. The van der Waals surface area contributed by atoms with Crippen LogP contribution in [-0.4, -0.2) is 60.7 Å². The van der Waals surface area contributed by atoms with Crippen LogP contribution < -0.4 is 5.32 Å². The zero-order valence-corrected chi connectivity index (χ0v) is 44.1. The Bertz CT molecular complexity index is 2340. The molecule has 1 aliphatic rings. The summed E-state index contributed by atoms with van der Waals surface area (Å²) in [4.78, 5) is 53.0. The number of nitrogens with one attached hydrogen (secondary N) is 1. The lowest BCUT2D eigenvalue weighted by molar-refractivity contribution is -0.161. The van der Waals surface area contributed by atoms with E-state index in [1.807, 2.05) is 141 Å². The maximum atomic E-state index is 14.0. The van der Waals surface area contributed by atoms with Crippen molar-refractivity contribution in [3.8, 4) is 0 Å². The molecule has 0 aromatic heterocycles. The highest BCUT2D eigenvalue weighted by atomic mass is 16.6. The summed E-state index contributed by atoms with van der Waals surface area (Å²) in [6.07, 6.45) is 2.79. The van der Waals surface area contributed by atoms with Gasteiger partial charge in [-0.15, -0.1) is 0 Å². The molecule has 0 spiro atoms. The maximum absolute atomic E-state index is 14.0. The van der Waals surface area contributed by atoms with Gasteiger partial charge in [-0.3, -0.25) is 19.2 Å². The van der Waals surface area contributed by atoms with Gasteiger partial charge >= 0.3 is 17.9 Å². The van der Waals surface area contributed by atoms with Gasteiger partial charge in [0.25, 0.3) is 0 Å². The molecule has 1 aliphatic heterocycles. The van der Waals surface area contributed by atoms with Crippen molar-refractivity contribution < 1.29 is 38.5 Å². The lowest BCUT2D eigenvalue weighted by atomic mass is 9.70. The monoisotopic (exact) mass is 1080 g/mol. The number of aliphatic hydroxyl groups is 1. The molecule has 0 amide bonds. The Labute approximate surface area is 474 Å². The summed E-state index contributed by atoms with van der Waals surface area (Å²) < 4.78 is 16.7. The number of carbonyl (C=O) groups is 4. The van der Waals surface area contributed by atoms with Gasteiger partial charge in [-0.05, 0) is 90.0 Å². The predicted octanol–water partition coefficient (Wildman–Crippen LogP) is 16.7. The number of hydrogen-bond acceptors (Lipinski definition) is 9. The predicted molar refractivity (Wildman–Crippen MR) is 328 cm³/mol. The first-order valence-corrected chi connectivity index (χ1v) is 26.3. The van der Waals surface area contributed by atoms with E-state index >= 15 is 0 Å². The molecular weight excluding hydrogens is 971 g/mol. The van der Waals surface area contributed by atoms with E-state index in [0.717, 1.165) is 29.7 Å². The van der Waals surface area contributed by atoms with E-state index in [9.17, 15) is 24.3 Å². The average Bonchev–Trinajstić information content (AvgIpc) is 3.87. The van der Waals surface area contributed by atoms with E-state index in [2.05, 4.69) is 71.1 Å². The molecule has 0 bridgehead atoms. The summed E-state index contributed by atoms with van der Waals surface area (Å²) in [6.45, 7) is 17.7. The lowest BCUT2D eigenvalue weighted by Gasteiger charge is -2.38. The molecule has 0 aliphatic carbocycles. The Hall–Kier alpha value is -5.90. The van der Waals surface area contributed by atoms with E-state index in [1.165, 1.54) is 17.5 Å². The Morgan fingerprint density at radius 2 is 1.05 bits per heavy atom. The smallest absolute Gasteiger partial charge is 0.311 e. The molecule has 78 heavy (non-hydrogen) atoms. The maximum Gasteiger partial charge on any atom is 0.311 e. The number of esters is 3. The normalized spacial score (nSPS) is 15.8. The van der Waals surface area contributed by atoms with Crippen LogP contribution >= 0.6 is 0 Å². The second kappa shape index (κ2) is 37.1. The number of benzene rings is 5. The molecule has 6 rings (SSSR count). The van der Waals surface area contributed by atoms with Gasteiger partial charge in [-0.25, -0.2) is 0 Å². The van der Waals surface area contributed by atoms with Crippen LogP contribution in [0.1, 0.15) is 197 Å².